The average molecular weight is 464 g/mol. The van der Waals surface area contributed by atoms with E-state index >= 15 is 0 Å². The van der Waals surface area contributed by atoms with Gasteiger partial charge >= 0.3 is 0 Å². The minimum absolute atomic E-state index is 0.150. The zero-order valence-electron chi connectivity index (χ0n) is 17.5. The molecule has 0 aliphatic carbocycles. The van der Waals surface area contributed by atoms with Gasteiger partial charge in [-0.05, 0) is 49.7 Å². The fourth-order valence-electron chi connectivity index (χ4n) is 3.26. The van der Waals surface area contributed by atoms with E-state index in [1.54, 1.807) is 36.4 Å². The number of carbonyl (C=O) groups is 1. The number of aromatic nitrogens is 1. The van der Waals surface area contributed by atoms with Gasteiger partial charge in [0.05, 0.1) is 10.6 Å². The molecule has 0 saturated heterocycles. The number of hydrogen-bond donors (Lipinski definition) is 2. The van der Waals surface area contributed by atoms with Gasteiger partial charge in [-0.25, -0.2) is 13.4 Å². The molecule has 32 heavy (non-hydrogen) atoms. The minimum Gasteiger partial charge on any atom is -0.298 e. The van der Waals surface area contributed by atoms with Crippen LogP contribution >= 0.6 is 11.3 Å². The van der Waals surface area contributed by atoms with Crippen molar-refractivity contribution in [3.63, 3.8) is 0 Å². The molecule has 4 aromatic rings. The van der Waals surface area contributed by atoms with Crippen LogP contribution in [0.1, 0.15) is 21.5 Å². The van der Waals surface area contributed by atoms with Crippen LogP contribution in [0.4, 0.5) is 10.8 Å². The van der Waals surface area contributed by atoms with Crippen molar-refractivity contribution in [3.05, 3.63) is 94.9 Å². The van der Waals surface area contributed by atoms with Crippen LogP contribution in [0, 0.1) is 13.8 Å². The monoisotopic (exact) mass is 463 g/mol. The van der Waals surface area contributed by atoms with Gasteiger partial charge in [-0.3, -0.25) is 14.8 Å². The van der Waals surface area contributed by atoms with Crippen LogP contribution in [0.3, 0.4) is 0 Å². The first-order chi connectivity index (χ1) is 15.3. The predicted octanol–water partition coefficient (Wildman–Crippen LogP) is 5.48. The Balaban J connectivity index is 1.50. The van der Waals surface area contributed by atoms with Crippen molar-refractivity contribution in [1.29, 1.82) is 0 Å². The number of hydrogen-bond acceptors (Lipinski definition) is 5. The molecule has 162 valence electrons. The number of sulfonamides is 1. The van der Waals surface area contributed by atoms with Gasteiger partial charge in [0.1, 0.15) is 0 Å². The highest BCUT2D eigenvalue weighted by Gasteiger charge is 2.16. The second kappa shape index (κ2) is 8.94. The summed E-state index contributed by atoms with van der Waals surface area (Å²) in [6.07, 6.45) is 0. The maximum Gasteiger partial charge on any atom is 0.261 e. The summed E-state index contributed by atoms with van der Waals surface area (Å²) in [4.78, 5) is 17.4. The lowest BCUT2D eigenvalue weighted by Gasteiger charge is -2.09. The number of aryl methyl sites for hydroxylation is 2. The van der Waals surface area contributed by atoms with Crippen molar-refractivity contribution in [2.75, 3.05) is 10.0 Å². The van der Waals surface area contributed by atoms with Gasteiger partial charge in [-0.2, -0.15) is 0 Å². The van der Waals surface area contributed by atoms with E-state index in [2.05, 4.69) is 21.1 Å². The number of rotatable bonds is 6. The van der Waals surface area contributed by atoms with Gasteiger partial charge in [0, 0.05) is 22.2 Å². The van der Waals surface area contributed by atoms with Crippen LogP contribution in [0.25, 0.3) is 11.3 Å². The van der Waals surface area contributed by atoms with Crippen LogP contribution in [-0.2, 0) is 10.0 Å². The van der Waals surface area contributed by atoms with Crippen LogP contribution in [0.15, 0.2) is 83.1 Å². The number of amides is 1. The molecule has 8 heteroatoms. The molecule has 1 aromatic heterocycles. The second-order valence-corrected chi connectivity index (χ2v) is 9.85. The summed E-state index contributed by atoms with van der Waals surface area (Å²) in [5.41, 5.74) is 4.74. The molecule has 4 rings (SSSR count). The molecule has 0 aliphatic rings. The highest BCUT2D eigenvalue weighted by Crippen LogP contribution is 2.28. The smallest absolute Gasteiger partial charge is 0.261 e. The first-order valence-corrected chi connectivity index (χ1v) is 12.2. The summed E-state index contributed by atoms with van der Waals surface area (Å²) in [5, 5.41) is 5.17. The van der Waals surface area contributed by atoms with E-state index < -0.39 is 10.0 Å². The van der Waals surface area contributed by atoms with Gasteiger partial charge in [-0.1, -0.05) is 48.0 Å². The van der Waals surface area contributed by atoms with Gasteiger partial charge < -0.3 is 0 Å². The van der Waals surface area contributed by atoms with Crippen LogP contribution in [0.2, 0.25) is 0 Å². The molecule has 0 aliphatic heterocycles. The Hall–Kier alpha value is -3.49. The molecule has 0 unspecified atom stereocenters. The first-order valence-electron chi connectivity index (χ1n) is 9.84. The van der Waals surface area contributed by atoms with E-state index in [-0.39, 0.29) is 10.8 Å². The average Bonchev–Trinajstić information content (AvgIpc) is 3.22. The second-order valence-electron chi connectivity index (χ2n) is 7.31. The molecular weight excluding hydrogens is 442 g/mol. The third kappa shape index (κ3) is 4.87. The topological polar surface area (TPSA) is 88.2 Å². The standard InChI is InChI=1S/C24H21N3O3S2/c1-16-11-12-21(17(2)13-16)22-15-31-24(25-22)26-23(28)18-7-6-8-19(14-18)27-32(29,30)20-9-4-3-5-10-20/h3-15,27H,1-2H3,(H,25,26,28). The van der Waals surface area contributed by atoms with Gasteiger partial charge in [-0.15, -0.1) is 11.3 Å². The Kier molecular flexibility index (Phi) is 6.07. The molecule has 0 fully saturated rings. The van der Waals surface area contributed by atoms with Crippen molar-refractivity contribution < 1.29 is 13.2 Å². The number of thiazole rings is 1. The lowest BCUT2D eigenvalue weighted by atomic mass is 10.0. The van der Waals surface area contributed by atoms with Crippen LogP contribution in [0.5, 0.6) is 0 Å². The Bertz CT molecular complexity index is 1380. The van der Waals surface area contributed by atoms with Gasteiger partial charge in [0.2, 0.25) is 0 Å². The molecular formula is C24H21N3O3S2. The van der Waals surface area contributed by atoms with Crippen molar-refractivity contribution in [3.8, 4) is 11.3 Å². The Morgan fingerprint density at radius 2 is 1.72 bits per heavy atom. The van der Waals surface area contributed by atoms with Crippen molar-refractivity contribution in [2.24, 2.45) is 0 Å². The molecule has 0 radical (unpaired) electrons. The maximum atomic E-state index is 12.7. The maximum absolute atomic E-state index is 12.7. The van der Waals surface area contributed by atoms with Crippen molar-refractivity contribution >= 4 is 38.1 Å². The third-order valence-corrected chi connectivity index (χ3v) is 6.97. The van der Waals surface area contributed by atoms with Crippen molar-refractivity contribution in [2.45, 2.75) is 18.7 Å². The molecule has 0 saturated carbocycles. The SMILES string of the molecule is Cc1ccc(-c2csc(NC(=O)c3cccc(NS(=O)(=O)c4ccccc4)c3)n2)c(C)c1. The Labute approximate surface area is 191 Å². The largest absolute Gasteiger partial charge is 0.298 e. The highest BCUT2D eigenvalue weighted by atomic mass is 32.2. The Morgan fingerprint density at radius 3 is 2.47 bits per heavy atom. The summed E-state index contributed by atoms with van der Waals surface area (Å²) in [5.74, 6) is -0.368. The number of nitrogens with zero attached hydrogens (tertiary/aromatic N) is 1. The Morgan fingerprint density at radius 1 is 0.938 bits per heavy atom. The fraction of sp³-hybridized carbons (Fsp3) is 0.0833. The molecule has 0 bridgehead atoms. The minimum atomic E-state index is -3.74. The van der Waals surface area contributed by atoms with Gasteiger partial charge in [0.15, 0.2) is 5.13 Å². The zero-order chi connectivity index (χ0) is 22.7. The summed E-state index contributed by atoms with van der Waals surface area (Å²) >= 11 is 1.34. The third-order valence-electron chi connectivity index (χ3n) is 4.81. The summed E-state index contributed by atoms with van der Waals surface area (Å²) in [6, 6.07) is 20.5. The molecule has 0 spiro atoms. The van der Waals surface area contributed by atoms with E-state index in [9.17, 15) is 13.2 Å². The normalized spacial score (nSPS) is 11.2. The van der Waals surface area contributed by atoms with Crippen molar-refractivity contribution in [1.82, 2.24) is 4.98 Å². The number of nitrogens with one attached hydrogen (secondary N) is 2. The van der Waals surface area contributed by atoms with Crippen LogP contribution in [-0.4, -0.2) is 19.3 Å². The number of anilines is 2. The molecule has 0 atom stereocenters. The first kappa shape index (κ1) is 21.7. The lowest BCUT2D eigenvalue weighted by molar-refractivity contribution is 0.102. The molecule has 2 N–H and O–H groups in total. The van der Waals surface area contributed by atoms with E-state index in [1.165, 1.54) is 35.1 Å². The highest BCUT2D eigenvalue weighted by molar-refractivity contribution is 7.92. The zero-order valence-corrected chi connectivity index (χ0v) is 19.1. The molecule has 1 heterocycles. The summed E-state index contributed by atoms with van der Waals surface area (Å²) in [6.45, 7) is 4.07. The van der Waals surface area contributed by atoms with Crippen LogP contribution < -0.4 is 10.0 Å². The molecule has 1 amide bonds. The van der Waals surface area contributed by atoms with E-state index in [0.29, 0.717) is 16.4 Å². The number of carbonyl (C=O) groups excluding carboxylic acids is 1. The predicted molar refractivity (Wildman–Crippen MR) is 129 cm³/mol. The van der Waals surface area contributed by atoms with Gasteiger partial charge in [0.25, 0.3) is 15.9 Å². The quantitative estimate of drug-likeness (QED) is 0.396. The van der Waals surface area contributed by atoms with E-state index in [4.69, 9.17) is 0 Å². The molecule has 3 aromatic carbocycles. The summed E-state index contributed by atoms with van der Waals surface area (Å²) < 4.78 is 27.6. The number of benzene rings is 3. The summed E-state index contributed by atoms with van der Waals surface area (Å²) in [7, 11) is -3.74. The van der Waals surface area contributed by atoms with E-state index in [0.717, 1.165) is 16.8 Å². The lowest BCUT2D eigenvalue weighted by Crippen LogP contribution is -2.15. The van der Waals surface area contributed by atoms with E-state index in [1.807, 2.05) is 31.4 Å². The molecule has 6 nitrogen and oxygen atoms in total. The fourth-order valence-corrected chi connectivity index (χ4v) is 5.04.